The summed E-state index contributed by atoms with van der Waals surface area (Å²) >= 11 is 0. The highest BCUT2D eigenvalue weighted by Crippen LogP contribution is 2.46. The SMILES string of the molecule is CCC1=C(C)C2=NC1=CC1=C(C)C3=C(O)CC(=C4NC(=CC5=NC(=C2)C(C(C)OCc2ccccc2)=C5C)[C@@H](C)[C@@H]4CCC(=O)O)C3=N1. The van der Waals surface area contributed by atoms with E-state index in [1.165, 1.54) is 0 Å². The predicted molar refractivity (Wildman–Crippen MR) is 190 cm³/mol. The first kappa shape index (κ1) is 31.8. The van der Waals surface area contributed by atoms with E-state index in [1.54, 1.807) is 0 Å². The average molecular weight is 643 g/mol. The molecule has 7 rings (SSSR count). The number of benzene rings is 1. The van der Waals surface area contributed by atoms with Gasteiger partial charge in [0.1, 0.15) is 5.76 Å². The molecule has 8 nitrogen and oxygen atoms in total. The summed E-state index contributed by atoms with van der Waals surface area (Å²) in [4.78, 5) is 27.2. The molecule has 3 atom stereocenters. The highest BCUT2D eigenvalue weighted by atomic mass is 16.5. The number of ether oxygens (including phenoxy) is 1. The number of carbonyl (C=O) groups is 1. The number of fused-ring (bicyclic) bond motifs is 5. The lowest BCUT2D eigenvalue weighted by Crippen LogP contribution is -2.15. The Bertz CT molecular complexity index is 1990. The highest BCUT2D eigenvalue weighted by Gasteiger charge is 2.41. The molecule has 5 aliphatic heterocycles. The van der Waals surface area contributed by atoms with Crippen molar-refractivity contribution < 1.29 is 19.7 Å². The van der Waals surface area contributed by atoms with Gasteiger partial charge in [-0.25, -0.2) is 15.0 Å². The summed E-state index contributed by atoms with van der Waals surface area (Å²) in [6.07, 6.45) is 7.68. The van der Waals surface area contributed by atoms with Crippen LogP contribution in [0.25, 0.3) is 0 Å². The lowest BCUT2D eigenvalue weighted by atomic mass is 9.86. The smallest absolute Gasteiger partial charge is 0.303 e. The molecule has 1 aliphatic carbocycles. The first-order chi connectivity index (χ1) is 23.0. The Balaban J connectivity index is 1.40. The summed E-state index contributed by atoms with van der Waals surface area (Å²) in [5, 5.41) is 24.6. The van der Waals surface area contributed by atoms with Crippen LogP contribution in [-0.2, 0) is 16.1 Å². The zero-order chi connectivity index (χ0) is 33.9. The van der Waals surface area contributed by atoms with E-state index < -0.39 is 5.97 Å². The van der Waals surface area contributed by atoms with E-state index in [0.717, 1.165) is 96.6 Å². The van der Waals surface area contributed by atoms with Crippen LogP contribution in [0.1, 0.15) is 72.8 Å². The molecule has 8 bridgehead atoms. The van der Waals surface area contributed by atoms with Gasteiger partial charge in [0.05, 0.1) is 46.9 Å². The normalized spacial score (nSPS) is 23.8. The van der Waals surface area contributed by atoms with Crippen molar-refractivity contribution in [1.82, 2.24) is 5.32 Å². The molecule has 0 radical (unpaired) electrons. The lowest BCUT2D eigenvalue weighted by molar-refractivity contribution is -0.137. The van der Waals surface area contributed by atoms with Gasteiger partial charge in [-0.1, -0.05) is 44.2 Å². The maximum absolute atomic E-state index is 11.7. The van der Waals surface area contributed by atoms with Gasteiger partial charge in [-0.05, 0) is 86.6 Å². The standard InChI is InChI=1S/C40H42N4O4/c1-7-26-20(2)29-18-34-37(24(6)48-19-25-11-9-8-10-12-25)22(4)31(42-34)16-30-21(3)27(13-14-36(46)47)39(43-30)28-15-35(45)38-23(5)32(44-40(28)38)17-33(26)41-29/h8-12,16-18,21,24,27,43,45H,7,13-15,19H2,1-6H3,(H,46,47)/t21-,24?,27-/m0/s1. The van der Waals surface area contributed by atoms with Gasteiger partial charge in [0.15, 0.2) is 0 Å². The Morgan fingerprint density at radius 1 is 1.00 bits per heavy atom. The van der Waals surface area contributed by atoms with Crippen molar-refractivity contribution in [3.63, 3.8) is 0 Å². The van der Waals surface area contributed by atoms with Crippen LogP contribution in [-0.4, -0.2) is 39.4 Å². The Hall–Kier alpha value is -4.82. The molecule has 3 N–H and O–H groups in total. The molecular formula is C40H42N4O4. The number of nitrogens with one attached hydrogen (secondary N) is 1. The van der Waals surface area contributed by atoms with Gasteiger partial charge >= 0.3 is 5.97 Å². The van der Waals surface area contributed by atoms with E-state index in [-0.39, 0.29) is 24.4 Å². The van der Waals surface area contributed by atoms with E-state index in [4.69, 9.17) is 19.7 Å². The fourth-order valence-corrected chi connectivity index (χ4v) is 7.80. The van der Waals surface area contributed by atoms with Crippen molar-refractivity contribution in [1.29, 1.82) is 0 Å². The summed E-state index contributed by atoms with van der Waals surface area (Å²) < 4.78 is 6.46. The van der Waals surface area contributed by atoms with Crippen LogP contribution in [0.5, 0.6) is 0 Å². The molecule has 8 heteroatoms. The molecule has 0 spiro atoms. The number of carboxylic acids is 1. The van der Waals surface area contributed by atoms with Crippen molar-refractivity contribution in [3.05, 3.63) is 127 Å². The predicted octanol–water partition coefficient (Wildman–Crippen LogP) is 8.13. The van der Waals surface area contributed by atoms with E-state index >= 15 is 0 Å². The van der Waals surface area contributed by atoms with Crippen molar-refractivity contribution >= 4 is 23.1 Å². The maximum atomic E-state index is 11.7. The fraction of sp³-hybridized carbons (Fsp3) is 0.350. The van der Waals surface area contributed by atoms with Crippen LogP contribution in [0.2, 0.25) is 0 Å². The van der Waals surface area contributed by atoms with Crippen LogP contribution < -0.4 is 5.32 Å². The molecule has 1 unspecified atom stereocenters. The Morgan fingerprint density at radius 2 is 1.73 bits per heavy atom. The number of aliphatic hydroxyl groups excluding tert-OH is 1. The van der Waals surface area contributed by atoms with Gasteiger partial charge in [-0.2, -0.15) is 0 Å². The molecule has 0 amide bonds. The van der Waals surface area contributed by atoms with Gasteiger partial charge < -0.3 is 20.3 Å². The molecule has 1 aromatic rings. The molecule has 0 saturated carbocycles. The molecular weight excluding hydrogens is 600 g/mol. The molecule has 1 saturated heterocycles. The van der Waals surface area contributed by atoms with Crippen LogP contribution in [0.3, 0.4) is 0 Å². The largest absolute Gasteiger partial charge is 0.511 e. The number of nitrogens with zero attached hydrogens (tertiary/aromatic N) is 3. The molecule has 0 aromatic heterocycles. The molecule has 1 aromatic carbocycles. The number of allylic oxidation sites excluding steroid dienone is 11. The molecule has 5 heterocycles. The minimum absolute atomic E-state index is 0.00258. The van der Waals surface area contributed by atoms with Gasteiger partial charge in [-0.15, -0.1) is 0 Å². The van der Waals surface area contributed by atoms with Gasteiger partial charge in [0.2, 0.25) is 0 Å². The zero-order valence-electron chi connectivity index (χ0n) is 28.4. The summed E-state index contributed by atoms with van der Waals surface area (Å²) in [5.41, 5.74) is 14.9. The average Bonchev–Trinajstić information content (AvgIpc) is 3.81. The number of aliphatic hydroxyl groups is 1. The van der Waals surface area contributed by atoms with Crippen molar-refractivity contribution in [2.24, 2.45) is 26.8 Å². The summed E-state index contributed by atoms with van der Waals surface area (Å²) in [7, 11) is 0. The van der Waals surface area contributed by atoms with E-state index in [9.17, 15) is 15.0 Å². The van der Waals surface area contributed by atoms with E-state index in [2.05, 4.69) is 64.2 Å². The Morgan fingerprint density at radius 3 is 2.46 bits per heavy atom. The summed E-state index contributed by atoms with van der Waals surface area (Å²) in [6, 6.07) is 10.2. The van der Waals surface area contributed by atoms with E-state index in [1.807, 2.05) is 31.2 Å². The molecule has 246 valence electrons. The van der Waals surface area contributed by atoms with Crippen LogP contribution in [0, 0.1) is 11.8 Å². The van der Waals surface area contributed by atoms with Crippen molar-refractivity contribution in [2.75, 3.05) is 0 Å². The van der Waals surface area contributed by atoms with Crippen molar-refractivity contribution in [3.8, 4) is 0 Å². The second kappa shape index (κ2) is 12.3. The first-order valence-corrected chi connectivity index (χ1v) is 16.9. The first-order valence-electron chi connectivity index (χ1n) is 16.9. The van der Waals surface area contributed by atoms with Crippen LogP contribution in [0.15, 0.2) is 137 Å². The zero-order valence-corrected chi connectivity index (χ0v) is 28.4. The van der Waals surface area contributed by atoms with Gasteiger partial charge in [0, 0.05) is 52.8 Å². The third-order valence-electron chi connectivity index (χ3n) is 10.5. The maximum Gasteiger partial charge on any atom is 0.303 e. The monoisotopic (exact) mass is 642 g/mol. The van der Waals surface area contributed by atoms with E-state index in [0.29, 0.717) is 25.2 Å². The van der Waals surface area contributed by atoms with Crippen LogP contribution >= 0.6 is 0 Å². The summed E-state index contributed by atoms with van der Waals surface area (Å²) in [6.45, 7) is 13.1. The minimum atomic E-state index is -0.825. The molecule has 6 aliphatic rings. The van der Waals surface area contributed by atoms with Crippen LogP contribution in [0.4, 0.5) is 0 Å². The fourth-order valence-electron chi connectivity index (χ4n) is 7.80. The number of hydrogen-bond donors (Lipinski definition) is 3. The quantitative estimate of drug-likeness (QED) is 0.265. The molecule has 48 heavy (non-hydrogen) atoms. The third kappa shape index (κ3) is 5.38. The summed E-state index contributed by atoms with van der Waals surface area (Å²) in [5.74, 6) is -0.605. The van der Waals surface area contributed by atoms with Gasteiger partial charge in [-0.3, -0.25) is 4.79 Å². The second-order valence-electron chi connectivity index (χ2n) is 13.4. The number of rotatable bonds is 8. The highest BCUT2D eigenvalue weighted by molar-refractivity contribution is 6.21. The minimum Gasteiger partial charge on any atom is -0.511 e. The number of hydrogen-bond acceptors (Lipinski definition) is 7. The third-order valence-corrected chi connectivity index (χ3v) is 10.5. The molecule has 1 fully saturated rings. The second-order valence-corrected chi connectivity index (χ2v) is 13.4. The number of carboxylic acid groups (broad SMARTS) is 1. The lowest BCUT2D eigenvalue weighted by Gasteiger charge is -2.17. The topological polar surface area (TPSA) is 116 Å². The van der Waals surface area contributed by atoms with Crippen molar-refractivity contribution in [2.45, 2.75) is 79.9 Å². The Kier molecular flexibility index (Phi) is 8.16. The number of aliphatic carboxylic acids is 1. The Labute approximate surface area is 281 Å². The number of aliphatic imine (C=N–C) groups is 3. The van der Waals surface area contributed by atoms with Gasteiger partial charge in [0.25, 0.3) is 0 Å².